The summed E-state index contributed by atoms with van der Waals surface area (Å²) in [5.41, 5.74) is -0.142. The number of fused-ring (bicyclic) bond motifs is 1. The van der Waals surface area contributed by atoms with Crippen molar-refractivity contribution in [3.8, 4) is 11.1 Å². The van der Waals surface area contributed by atoms with Crippen LogP contribution in [0.3, 0.4) is 0 Å². The second-order valence-corrected chi connectivity index (χ2v) is 11.5. The van der Waals surface area contributed by atoms with Crippen molar-refractivity contribution in [2.24, 2.45) is 0 Å². The zero-order valence-electron chi connectivity index (χ0n) is 21.3. The van der Waals surface area contributed by atoms with E-state index in [4.69, 9.17) is 0 Å². The van der Waals surface area contributed by atoms with Crippen LogP contribution in [-0.4, -0.2) is 54.4 Å². The first-order valence-electron chi connectivity index (χ1n) is 12.4. The summed E-state index contributed by atoms with van der Waals surface area (Å²) in [6, 6.07) is 8.21. The Morgan fingerprint density at radius 2 is 1.72 bits per heavy atom. The Hall–Kier alpha value is -3.77. The summed E-state index contributed by atoms with van der Waals surface area (Å²) in [6.45, 7) is 0. The van der Waals surface area contributed by atoms with Crippen LogP contribution >= 0.6 is 0 Å². The fourth-order valence-electron chi connectivity index (χ4n) is 4.82. The Labute approximate surface area is 224 Å². The van der Waals surface area contributed by atoms with Crippen molar-refractivity contribution in [1.29, 1.82) is 0 Å². The molecule has 0 spiro atoms. The standard InChI is InChI=1S/C27H27F3N6O2S/c1-36(2)20-6-4-19(5-7-20)33-27-32-13-17-11-16(3-9-23(17)34-27)25-22(29)8-10-24(26(25)30)35-39(37,38)21-12-18(28)14-31-15-21/h3,8-15,19-20,35H,4-7H2,1-2H3,(H,32,33,34). The van der Waals surface area contributed by atoms with E-state index in [0.717, 1.165) is 56.3 Å². The van der Waals surface area contributed by atoms with Gasteiger partial charge >= 0.3 is 0 Å². The number of hydrogen-bond donors (Lipinski definition) is 2. The molecule has 12 heteroatoms. The van der Waals surface area contributed by atoms with Crippen molar-refractivity contribution in [1.82, 2.24) is 19.9 Å². The number of aromatic nitrogens is 3. The maximum absolute atomic E-state index is 15.4. The highest BCUT2D eigenvalue weighted by Gasteiger charge is 2.24. The third-order valence-corrected chi connectivity index (χ3v) is 8.29. The Morgan fingerprint density at radius 3 is 2.44 bits per heavy atom. The number of pyridine rings is 1. The second kappa shape index (κ2) is 10.8. The lowest BCUT2D eigenvalue weighted by molar-refractivity contribution is 0.221. The van der Waals surface area contributed by atoms with Gasteiger partial charge < -0.3 is 10.2 Å². The van der Waals surface area contributed by atoms with Gasteiger partial charge in [-0.2, -0.15) is 0 Å². The zero-order valence-corrected chi connectivity index (χ0v) is 22.1. The van der Waals surface area contributed by atoms with Crippen molar-refractivity contribution in [3.05, 3.63) is 72.4 Å². The summed E-state index contributed by atoms with van der Waals surface area (Å²) in [4.78, 5) is 14.2. The van der Waals surface area contributed by atoms with Crippen molar-refractivity contribution in [2.45, 2.75) is 42.7 Å². The highest BCUT2D eigenvalue weighted by molar-refractivity contribution is 7.92. The molecule has 8 nitrogen and oxygen atoms in total. The molecule has 0 bridgehead atoms. The van der Waals surface area contributed by atoms with Crippen LogP contribution in [0.25, 0.3) is 22.0 Å². The summed E-state index contributed by atoms with van der Waals surface area (Å²) in [5, 5.41) is 3.95. The molecule has 0 atom stereocenters. The molecule has 0 radical (unpaired) electrons. The van der Waals surface area contributed by atoms with Crippen LogP contribution in [0.1, 0.15) is 25.7 Å². The molecule has 0 unspecified atom stereocenters. The smallest absolute Gasteiger partial charge is 0.263 e. The second-order valence-electron chi connectivity index (χ2n) is 9.81. The molecule has 39 heavy (non-hydrogen) atoms. The monoisotopic (exact) mass is 556 g/mol. The molecule has 2 aromatic carbocycles. The summed E-state index contributed by atoms with van der Waals surface area (Å²) >= 11 is 0. The van der Waals surface area contributed by atoms with Gasteiger partial charge in [0.15, 0.2) is 5.82 Å². The molecule has 204 valence electrons. The highest BCUT2D eigenvalue weighted by atomic mass is 32.2. The fraction of sp³-hybridized carbons (Fsp3) is 0.296. The van der Waals surface area contributed by atoms with E-state index in [9.17, 15) is 17.2 Å². The molecule has 0 amide bonds. The number of nitrogens with one attached hydrogen (secondary N) is 2. The maximum atomic E-state index is 15.4. The van der Waals surface area contributed by atoms with E-state index >= 15 is 4.39 Å². The van der Waals surface area contributed by atoms with Gasteiger partial charge in [0, 0.05) is 29.9 Å². The number of sulfonamides is 1. The molecule has 1 fully saturated rings. The zero-order chi connectivity index (χ0) is 27.7. The van der Waals surface area contributed by atoms with Gasteiger partial charge in [0.25, 0.3) is 10.0 Å². The van der Waals surface area contributed by atoms with Crippen LogP contribution in [-0.2, 0) is 10.0 Å². The number of nitrogens with zero attached hydrogens (tertiary/aromatic N) is 4. The molecule has 5 rings (SSSR count). The normalized spacial score (nSPS) is 17.9. The molecule has 0 aliphatic heterocycles. The van der Waals surface area contributed by atoms with Crippen LogP contribution in [0, 0.1) is 17.5 Å². The lowest BCUT2D eigenvalue weighted by Crippen LogP contribution is -2.36. The van der Waals surface area contributed by atoms with Crippen molar-refractivity contribution < 1.29 is 21.6 Å². The Morgan fingerprint density at radius 1 is 0.949 bits per heavy atom. The molecule has 2 aromatic heterocycles. The van der Waals surface area contributed by atoms with Crippen LogP contribution in [0.15, 0.2) is 59.9 Å². The first kappa shape index (κ1) is 26.8. The van der Waals surface area contributed by atoms with E-state index in [1.807, 2.05) is 4.72 Å². The third kappa shape index (κ3) is 5.81. The summed E-state index contributed by atoms with van der Waals surface area (Å²) in [6.07, 6.45) is 7.55. The van der Waals surface area contributed by atoms with Crippen LogP contribution < -0.4 is 10.0 Å². The topological polar surface area (TPSA) is 100 Å². The van der Waals surface area contributed by atoms with Crippen molar-refractivity contribution in [2.75, 3.05) is 24.1 Å². The number of anilines is 2. The van der Waals surface area contributed by atoms with Gasteiger partial charge in [-0.25, -0.2) is 31.6 Å². The molecule has 2 N–H and O–H groups in total. The van der Waals surface area contributed by atoms with Gasteiger partial charge in [-0.3, -0.25) is 9.71 Å². The molecule has 1 saturated carbocycles. The van der Waals surface area contributed by atoms with E-state index in [1.54, 1.807) is 12.3 Å². The predicted octanol–water partition coefficient (Wildman–Crippen LogP) is 5.19. The van der Waals surface area contributed by atoms with Gasteiger partial charge in [-0.05, 0) is 75.7 Å². The number of benzene rings is 2. The molecule has 0 saturated heterocycles. The van der Waals surface area contributed by atoms with Crippen LogP contribution in [0.2, 0.25) is 0 Å². The van der Waals surface area contributed by atoms with Crippen molar-refractivity contribution in [3.63, 3.8) is 0 Å². The van der Waals surface area contributed by atoms with Crippen LogP contribution in [0.4, 0.5) is 24.8 Å². The predicted molar refractivity (Wildman–Crippen MR) is 143 cm³/mol. The third-order valence-electron chi connectivity index (χ3n) is 6.95. The molecule has 2 heterocycles. The lowest BCUT2D eigenvalue weighted by atomic mass is 9.91. The van der Waals surface area contributed by atoms with E-state index in [2.05, 4.69) is 39.3 Å². The summed E-state index contributed by atoms with van der Waals surface area (Å²) in [5.74, 6) is -2.37. The molecule has 4 aromatic rings. The highest BCUT2D eigenvalue weighted by Crippen LogP contribution is 2.33. The van der Waals surface area contributed by atoms with Gasteiger partial charge in [0.05, 0.1) is 23.0 Å². The van der Waals surface area contributed by atoms with Gasteiger partial charge in [0.1, 0.15) is 16.5 Å². The largest absolute Gasteiger partial charge is 0.351 e. The fourth-order valence-corrected chi connectivity index (χ4v) is 5.85. The molecular weight excluding hydrogens is 529 g/mol. The average Bonchev–Trinajstić information content (AvgIpc) is 2.91. The quantitative estimate of drug-likeness (QED) is 0.323. The van der Waals surface area contributed by atoms with E-state index in [-0.39, 0.29) is 11.6 Å². The Balaban J connectivity index is 1.38. The minimum atomic E-state index is -4.37. The molecular formula is C27H27F3N6O2S. The number of halogens is 3. The first-order chi connectivity index (χ1) is 18.6. The van der Waals surface area contributed by atoms with E-state index < -0.39 is 43.6 Å². The minimum Gasteiger partial charge on any atom is -0.351 e. The number of rotatable bonds is 7. The molecule has 1 aliphatic carbocycles. The minimum absolute atomic E-state index is 0.178. The Bertz CT molecular complexity index is 1630. The van der Waals surface area contributed by atoms with Crippen molar-refractivity contribution >= 4 is 32.6 Å². The number of hydrogen-bond acceptors (Lipinski definition) is 7. The van der Waals surface area contributed by atoms with Gasteiger partial charge in [0.2, 0.25) is 5.95 Å². The Kier molecular flexibility index (Phi) is 7.41. The molecule has 1 aliphatic rings. The lowest BCUT2D eigenvalue weighted by Gasteiger charge is -2.32. The first-order valence-corrected chi connectivity index (χ1v) is 13.9. The maximum Gasteiger partial charge on any atom is 0.263 e. The summed E-state index contributed by atoms with van der Waals surface area (Å²) in [7, 11) is -0.187. The van der Waals surface area contributed by atoms with Crippen LogP contribution in [0.5, 0.6) is 0 Å². The SMILES string of the molecule is CN(C)C1CCC(Nc2ncc3cc(-c4c(F)ccc(NS(=O)(=O)c5cncc(F)c5)c4F)ccc3n2)CC1. The van der Waals surface area contributed by atoms with E-state index in [0.29, 0.717) is 22.9 Å². The van der Waals surface area contributed by atoms with Gasteiger partial charge in [-0.15, -0.1) is 0 Å². The average molecular weight is 557 g/mol. The van der Waals surface area contributed by atoms with E-state index in [1.165, 1.54) is 12.1 Å². The summed E-state index contributed by atoms with van der Waals surface area (Å²) < 4.78 is 71.0. The van der Waals surface area contributed by atoms with Gasteiger partial charge in [-0.1, -0.05) is 6.07 Å².